The number of carbonyl (C=O) groups excluding carboxylic acids is 2. The molecule has 0 saturated heterocycles. The zero-order valence-electron chi connectivity index (χ0n) is 17.1. The van der Waals surface area contributed by atoms with E-state index in [9.17, 15) is 9.59 Å². The number of thioether (sulfide) groups is 1. The smallest absolute Gasteiger partial charge is 0.255 e. The van der Waals surface area contributed by atoms with Crippen LogP contribution in [0.15, 0.2) is 88.9 Å². The molecule has 0 aliphatic heterocycles. The summed E-state index contributed by atoms with van der Waals surface area (Å²) in [5.74, 6) is -0.357. The Labute approximate surface area is 190 Å². The van der Waals surface area contributed by atoms with Crippen molar-refractivity contribution in [2.45, 2.75) is 24.0 Å². The quantitative estimate of drug-likeness (QED) is 0.278. The van der Waals surface area contributed by atoms with Crippen molar-refractivity contribution in [2.24, 2.45) is 5.10 Å². The van der Waals surface area contributed by atoms with E-state index in [0.29, 0.717) is 22.0 Å². The van der Waals surface area contributed by atoms with Gasteiger partial charge in [0.1, 0.15) is 0 Å². The zero-order valence-corrected chi connectivity index (χ0v) is 18.7. The molecule has 1 unspecified atom stereocenters. The Balaban J connectivity index is 1.55. The predicted octanol–water partition coefficient (Wildman–Crippen LogP) is 5.61. The molecule has 5 nitrogen and oxygen atoms in total. The molecule has 0 fully saturated rings. The molecule has 3 rings (SSSR count). The number of carbonyl (C=O) groups is 2. The van der Waals surface area contributed by atoms with Crippen LogP contribution in [0.4, 0.5) is 5.69 Å². The van der Waals surface area contributed by atoms with Gasteiger partial charge in [-0.25, -0.2) is 5.43 Å². The molecule has 0 saturated carbocycles. The largest absolute Gasteiger partial charge is 0.322 e. The minimum absolute atomic E-state index is 0.168. The van der Waals surface area contributed by atoms with Gasteiger partial charge in [0.15, 0.2) is 0 Å². The normalized spacial score (nSPS) is 12.2. The highest BCUT2D eigenvalue weighted by Gasteiger charge is 2.14. The second kappa shape index (κ2) is 10.8. The minimum Gasteiger partial charge on any atom is -0.322 e. The summed E-state index contributed by atoms with van der Waals surface area (Å²) in [6.07, 6.45) is 0. The Hall–Kier alpha value is -3.09. The molecule has 0 radical (unpaired) electrons. The Morgan fingerprint density at radius 3 is 2.19 bits per heavy atom. The third-order valence-electron chi connectivity index (χ3n) is 4.43. The molecule has 0 aliphatic carbocycles. The summed E-state index contributed by atoms with van der Waals surface area (Å²) in [5, 5.41) is 7.41. The Bertz CT molecular complexity index is 1070. The maximum Gasteiger partial charge on any atom is 0.255 e. The first kappa shape index (κ1) is 22.6. The number of benzene rings is 3. The van der Waals surface area contributed by atoms with Crippen LogP contribution in [-0.2, 0) is 4.79 Å². The lowest BCUT2D eigenvalue weighted by molar-refractivity contribution is -0.120. The number of halogens is 1. The summed E-state index contributed by atoms with van der Waals surface area (Å²) in [6, 6.07) is 23.7. The summed E-state index contributed by atoms with van der Waals surface area (Å²) >= 11 is 7.32. The molecule has 0 aliphatic rings. The van der Waals surface area contributed by atoms with Gasteiger partial charge in [0.25, 0.3) is 11.8 Å². The van der Waals surface area contributed by atoms with Crippen LogP contribution in [-0.4, -0.2) is 22.8 Å². The first-order valence-electron chi connectivity index (χ1n) is 9.65. The van der Waals surface area contributed by atoms with E-state index in [1.807, 2.05) is 56.3 Å². The highest BCUT2D eigenvalue weighted by atomic mass is 35.5. The highest BCUT2D eigenvalue weighted by Crippen LogP contribution is 2.24. The van der Waals surface area contributed by atoms with Crippen LogP contribution in [0.1, 0.15) is 29.8 Å². The van der Waals surface area contributed by atoms with Crippen LogP contribution in [0.2, 0.25) is 5.02 Å². The van der Waals surface area contributed by atoms with E-state index < -0.39 is 0 Å². The standard InChI is InChI=1S/C24H22ClN3O2S/c1-16(27-28-23(29)17(2)31-22-14-10-20(25)11-15-22)18-8-12-21(13-9-18)26-24(30)19-6-4-3-5-7-19/h3-15,17H,1-2H3,(H,26,30)(H,28,29)/b27-16+. The zero-order chi connectivity index (χ0) is 22.2. The summed E-state index contributed by atoms with van der Waals surface area (Å²) < 4.78 is 0. The van der Waals surface area contributed by atoms with Gasteiger partial charge in [0.05, 0.1) is 11.0 Å². The van der Waals surface area contributed by atoms with Crippen LogP contribution < -0.4 is 10.7 Å². The number of nitrogens with one attached hydrogen (secondary N) is 2. The molecule has 31 heavy (non-hydrogen) atoms. The molecule has 0 aromatic heterocycles. The predicted molar refractivity (Wildman–Crippen MR) is 128 cm³/mol. The Morgan fingerprint density at radius 2 is 1.55 bits per heavy atom. The van der Waals surface area contributed by atoms with E-state index in [-0.39, 0.29) is 17.1 Å². The van der Waals surface area contributed by atoms with Crippen molar-refractivity contribution in [2.75, 3.05) is 5.32 Å². The van der Waals surface area contributed by atoms with Crippen LogP contribution in [0, 0.1) is 0 Å². The first-order valence-corrected chi connectivity index (χ1v) is 10.9. The number of nitrogens with zero attached hydrogens (tertiary/aromatic N) is 1. The lowest BCUT2D eigenvalue weighted by Crippen LogP contribution is -2.27. The van der Waals surface area contributed by atoms with Gasteiger partial charge in [-0.1, -0.05) is 41.9 Å². The van der Waals surface area contributed by atoms with Gasteiger partial charge < -0.3 is 5.32 Å². The summed E-state index contributed by atoms with van der Waals surface area (Å²) in [6.45, 7) is 3.64. The van der Waals surface area contributed by atoms with Gasteiger partial charge >= 0.3 is 0 Å². The van der Waals surface area contributed by atoms with Crippen LogP contribution >= 0.6 is 23.4 Å². The lowest BCUT2D eigenvalue weighted by Gasteiger charge is -2.10. The maximum atomic E-state index is 12.3. The van der Waals surface area contributed by atoms with Gasteiger partial charge in [0.2, 0.25) is 0 Å². The molecule has 158 valence electrons. The number of hydrazone groups is 1. The van der Waals surface area contributed by atoms with Crippen molar-refractivity contribution in [1.29, 1.82) is 0 Å². The highest BCUT2D eigenvalue weighted by molar-refractivity contribution is 8.00. The average molecular weight is 452 g/mol. The molecule has 0 heterocycles. The van der Waals surface area contributed by atoms with E-state index in [1.165, 1.54) is 11.8 Å². The van der Waals surface area contributed by atoms with Crippen molar-refractivity contribution < 1.29 is 9.59 Å². The van der Waals surface area contributed by atoms with Crippen molar-refractivity contribution >= 4 is 46.6 Å². The molecule has 0 spiro atoms. The SMILES string of the molecule is C/C(=N\NC(=O)C(C)Sc1ccc(Cl)cc1)c1ccc(NC(=O)c2ccccc2)cc1. The summed E-state index contributed by atoms with van der Waals surface area (Å²) in [5.41, 5.74) is 5.40. The molecular formula is C24H22ClN3O2S. The summed E-state index contributed by atoms with van der Waals surface area (Å²) in [7, 11) is 0. The second-order valence-electron chi connectivity index (χ2n) is 6.78. The number of hydrogen-bond donors (Lipinski definition) is 2. The molecule has 2 amide bonds. The Morgan fingerprint density at radius 1 is 0.903 bits per heavy atom. The number of anilines is 1. The van der Waals surface area contributed by atoms with Gasteiger partial charge in [-0.15, -0.1) is 11.8 Å². The molecule has 1 atom stereocenters. The maximum absolute atomic E-state index is 12.3. The fourth-order valence-corrected chi connectivity index (χ4v) is 3.64. The van der Waals surface area contributed by atoms with Crippen LogP contribution in [0.3, 0.4) is 0 Å². The molecule has 2 N–H and O–H groups in total. The van der Waals surface area contributed by atoms with Gasteiger partial charge in [-0.3, -0.25) is 9.59 Å². The number of rotatable bonds is 7. The monoisotopic (exact) mass is 451 g/mol. The van der Waals surface area contributed by atoms with Crippen LogP contribution in [0.5, 0.6) is 0 Å². The molecule has 3 aromatic rings. The fraction of sp³-hybridized carbons (Fsp3) is 0.125. The molecule has 0 bridgehead atoms. The lowest BCUT2D eigenvalue weighted by atomic mass is 10.1. The third kappa shape index (κ3) is 6.70. The average Bonchev–Trinajstić information content (AvgIpc) is 2.79. The second-order valence-corrected chi connectivity index (χ2v) is 8.64. The number of hydrogen-bond acceptors (Lipinski definition) is 4. The van der Waals surface area contributed by atoms with Gasteiger partial charge in [-0.05, 0) is 67.9 Å². The van der Waals surface area contributed by atoms with E-state index in [0.717, 1.165) is 10.5 Å². The molecule has 7 heteroatoms. The van der Waals surface area contributed by atoms with Gasteiger partial charge in [-0.2, -0.15) is 5.10 Å². The first-order chi connectivity index (χ1) is 14.9. The third-order valence-corrected chi connectivity index (χ3v) is 5.79. The Kier molecular flexibility index (Phi) is 7.87. The van der Waals surface area contributed by atoms with Gasteiger partial charge in [0, 0.05) is 21.2 Å². The van der Waals surface area contributed by atoms with E-state index in [1.54, 1.807) is 36.4 Å². The number of amides is 2. The van der Waals surface area contributed by atoms with Crippen molar-refractivity contribution in [1.82, 2.24) is 5.43 Å². The van der Waals surface area contributed by atoms with Crippen molar-refractivity contribution in [3.63, 3.8) is 0 Å². The topological polar surface area (TPSA) is 70.6 Å². The minimum atomic E-state index is -0.312. The van der Waals surface area contributed by atoms with E-state index >= 15 is 0 Å². The fourth-order valence-electron chi connectivity index (χ4n) is 2.65. The van der Waals surface area contributed by atoms with Crippen molar-refractivity contribution in [3.05, 3.63) is 95.0 Å². The van der Waals surface area contributed by atoms with Crippen molar-refractivity contribution in [3.8, 4) is 0 Å². The van der Waals surface area contributed by atoms with E-state index in [4.69, 9.17) is 11.6 Å². The van der Waals surface area contributed by atoms with Crippen LogP contribution in [0.25, 0.3) is 0 Å². The molecular weight excluding hydrogens is 430 g/mol. The van der Waals surface area contributed by atoms with E-state index in [2.05, 4.69) is 15.8 Å². The summed E-state index contributed by atoms with van der Waals surface area (Å²) in [4.78, 5) is 25.5. The molecule has 3 aromatic carbocycles.